The second-order valence-corrected chi connectivity index (χ2v) is 5.65. The second-order valence-electron chi connectivity index (χ2n) is 5.65. The van der Waals surface area contributed by atoms with Gasteiger partial charge in [-0.15, -0.1) is 0 Å². The van der Waals surface area contributed by atoms with Crippen LogP contribution in [0.5, 0.6) is 0 Å². The number of hydrogen-bond acceptors (Lipinski definition) is 5. The highest BCUT2D eigenvalue weighted by molar-refractivity contribution is 5.92. The second kappa shape index (κ2) is 6.13. The first kappa shape index (κ1) is 14.5. The van der Waals surface area contributed by atoms with E-state index in [9.17, 15) is 4.79 Å². The number of piperidine rings is 1. The van der Waals surface area contributed by atoms with Crippen LogP contribution in [0.1, 0.15) is 29.0 Å². The van der Waals surface area contributed by atoms with Crippen molar-refractivity contribution >= 4 is 11.7 Å². The minimum atomic E-state index is -0.122. The van der Waals surface area contributed by atoms with E-state index in [0.29, 0.717) is 5.69 Å². The van der Waals surface area contributed by atoms with Gasteiger partial charge in [0.25, 0.3) is 5.91 Å². The van der Waals surface area contributed by atoms with E-state index in [-0.39, 0.29) is 11.9 Å². The zero-order valence-electron chi connectivity index (χ0n) is 12.9. The standard InChI is InChI=1S/C15H20N6O/c1-11-8-16-9-14(17-11)21-6-3-4-12(10-21)18-15(22)13-5-7-20(2)19-13/h5,7-9,12H,3-4,6,10H2,1-2H3,(H,18,22). The minimum absolute atomic E-state index is 0.102. The van der Waals surface area contributed by atoms with E-state index in [2.05, 4.69) is 25.3 Å². The molecule has 3 heterocycles. The summed E-state index contributed by atoms with van der Waals surface area (Å²) in [4.78, 5) is 23.1. The Bertz CT molecular complexity index is 668. The van der Waals surface area contributed by atoms with Gasteiger partial charge in [-0.25, -0.2) is 4.98 Å². The Morgan fingerprint density at radius 3 is 3.00 bits per heavy atom. The van der Waals surface area contributed by atoms with Crippen LogP contribution in [-0.4, -0.2) is 44.8 Å². The van der Waals surface area contributed by atoms with Gasteiger partial charge < -0.3 is 10.2 Å². The number of hydrogen-bond donors (Lipinski definition) is 1. The van der Waals surface area contributed by atoms with E-state index in [1.54, 1.807) is 36.4 Å². The summed E-state index contributed by atoms with van der Waals surface area (Å²) in [6.07, 6.45) is 7.27. The summed E-state index contributed by atoms with van der Waals surface area (Å²) in [5.41, 5.74) is 1.35. The summed E-state index contributed by atoms with van der Waals surface area (Å²) in [7, 11) is 1.80. The normalized spacial score (nSPS) is 18.3. The summed E-state index contributed by atoms with van der Waals surface area (Å²) in [6.45, 7) is 3.62. The fourth-order valence-electron chi connectivity index (χ4n) is 2.70. The number of anilines is 1. The zero-order valence-corrected chi connectivity index (χ0v) is 12.9. The summed E-state index contributed by atoms with van der Waals surface area (Å²) >= 11 is 0. The number of aromatic nitrogens is 4. The fraction of sp³-hybridized carbons (Fsp3) is 0.467. The van der Waals surface area contributed by atoms with Gasteiger partial charge in [0, 0.05) is 38.6 Å². The van der Waals surface area contributed by atoms with Crippen LogP contribution in [0.3, 0.4) is 0 Å². The Hall–Kier alpha value is -2.44. The molecule has 1 unspecified atom stereocenters. The number of carbonyl (C=O) groups is 1. The van der Waals surface area contributed by atoms with Gasteiger partial charge in [0.2, 0.25) is 0 Å². The molecular weight excluding hydrogens is 280 g/mol. The van der Waals surface area contributed by atoms with Gasteiger partial charge in [0.15, 0.2) is 0 Å². The van der Waals surface area contributed by atoms with Crippen molar-refractivity contribution in [2.75, 3.05) is 18.0 Å². The molecule has 0 saturated carbocycles. The Balaban J connectivity index is 1.64. The molecule has 2 aromatic rings. The Morgan fingerprint density at radius 2 is 2.27 bits per heavy atom. The highest BCUT2D eigenvalue weighted by Gasteiger charge is 2.23. The molecule has 1 aliphatic rings. The van der Waals surface area contributed by atoms with Crippen molar-refractivity contribution in [1.29, 1.82) is 0 Å². The number of carbonyl (C=O) groups excluding carboxylic acids is 1. The summed E-state index contributed by atoms with van der Waals surface area (Å²) in [5, 5.41) is 7.19. The van der Waals surface area contributed by atoms with Gasteiger partial charge in [-0.2, -0.15) is 5.10 Å². The fourth-order valence-corrected chi connectivity index (χ4v) is 2.70. The van der Waals surface area contributed by atoms with Gasteiger partial charge in [0.05, 0.1) is 11.9 Å². The topological polar surface area (TPSA) is 75.9 Å². The largest absolute Gasteiger partial charge is 0.353 e. The van der Waals surface area contributed by atoms with Gasteiger partial charge in [-0.3, -0.25) is 14.5 Å². The first-order chi connectivity index (χ1) is 10.6. The average molecular weight is 300 g/mol. The van der Waals surface area contributed by atoms with E-state index in [4.69, 9.17) is 0 Å². The number of aryl methyl sites for hydroxylation is 2. The predicted molar refractivity (Wildman–Crippen MR) is 82.7 cm³/mol. The molecule has 0 aromatic carbocycles. The lowest BCUT2D eigenvalue weighted by molar-refractivity contribution is 0.0927. The summed E-state index contributed by atoms with van der Waals surface area (Å²) in [6, 6.07) is 1.83. The number of amides is 1. The van der Waals surface area contributed by atoms with Gasteiger partial charge >= 0.3 is 0 Å². The smallest absolute Gasteiger partial charge is 0.272 e. The lowest BCUT2D eigenvalue weighted by atomic mass is 10.1. The maximum Gasteiger partial charge on any atom is 0.272 e. The average Bonchev–Trinajstić information content (AvgIpc) is 2.94. The van der Waals surface area contributed by atoms with Crippen molar-refractivity contribution in [3.8, 4) is 0 Å². The number of nitrogens with zero attached hydrogens (tertiary/aromatic N) is 5. The molecule has 7 nitrogen and oxygen atoms in total. The zero-order chi connectivity index (χ0) is 15.5. The van der Waals surface area contributed by atoms with Crippen molar-refractivity contribution in [2.24, 2.45) is 7.05 Å². The molecule has 22 heavy (non-hydrogen) atoms. The molecule has 2 aromatic heterocycles. The maximum absolute atomic E-state index is 12.2. The predicted octanol–water partition coefficient (Wildman–Crippen LogP) is 0.917. The Labute approximate surface area is 129 Å². The highest BCUT2D eigenvalue weighted by atomic mass is 16.2. The molecule has 1 amide bonds. The van der Waals surface area contributed by atoms with Crippen molar-refractivity contribution in [2.45, 2.75) is 25.8 Å². The molecule has 0 bridgehead atoms. The third-order valence-electron chi connectivity index (χ3n) is 3.77. The Kier molecular flexibility index (Phi) is 4.04. The summed E-state index contributed by atoms with van der Waals surface area (Å²) < 4.78 is 1.63. The molecule has 1 saturated heterocycles. The van der Waals surface area contributed by atoms with Crippen LogP contribution < -0.4 is 10.2 Å². The lowest BCUT2D eigenvalue weighted by Crippen LogP contribution is -2.48. The van der Waals surface area contributed by atoms with Crippen molar-refractivity contribution in [3.63, 3.8) is 0 Å². The van der Waals surface area contributed by atoms with Gasteiger partial charge in [-0.05, 0) is 25.8 Å². The highest BCUT2D eigenvalue weighted by Crippen LogP contribution is 2.17. The minimum Gasteiger partial charge on any atom is -0.353 e. The molecule has 0 aliphatic carbocycles. The molecule has 7 heteroatoms. The first-order valence-electron chi connectivity index (χ1n) is 7.46. The molecule has 1 aliphatic heterocycles. The van der Waals surface area contributed by atoms with Crippen LogP contribution in [0.2, 0.25) is 0 Å². The van der Waals surface area contributed by atoms with E-state index >= 15 is 0 Å². The van der Waals surface area contributed by atoms with Gasteiger partial charge in [-0.1, -0.05) is 0 Å². The van der Waals surface area contributed by atoms with Crippen LogP contribution in [0.4, 0.5) is 5.82 Å². The molecule has 116 valence electrons. The third-order valence-corrected chi connectivity index (χ3v) is 3.77. The van der Waals surface area contributed by atoms with Crippen LogP contribution in [0, 0.1) is 6.92 Å². The quantitative estimate of drug-likeness (QED) is 0.912. The molecule has 0 spiro atoms. The van der Waals surface area contributed by atoms with E-state index in [1.165, 1.54) is 0 Å². The third kappa shape index (κ3) is 3.24. The van der Waals surface area contributed by atoms with E-state index in [1.807, 2.05) is 6.92 Å². The molecular formula is C15H20N6O. The number of rotatable bonds is 3. The van der Waals surface area contributed by atoms with Crippen molar-refractivity contribution in [3.05, 3.63) is 36.0 Å². The number of nitrogens with one attached hydrogen (secondary N) is 1. The van der Waals surface area contributed by atoms with E-state index < -0.39 is 0 Å². The molecule has 1 N–H and O–H groups in total. The van der Waals surface area contributed by atoms with Gasteiger partial charge in [0.1, 0.15) is 11.5 Å². The maximum atomic E-state index is 12.2. The molecule has 3 rings (SSSR count). The van der Waals surface area contributed by atoms with Crippen LogP contribution in [-0.2, 0) is 7.05 Å². The first-order valence-corrected chi connectivity index (χ1v) is 7.46. The SMILES string of the molecule is Cc1cncc(N2CCCC(NC(=O)c3ccn(C)n3)C2)n1. The van der Waals surface area contributed by atoms with Crippen molar-refractivity contribution in [1.82, 2.24) is 25.1 Å². The molecule has 1 atom stereocenters. The van der Waals surface area contributed by atoms with Crippen LogP contribution in [0.15, 0.2) is 24.7 Å². The van der Waals surface area contributed by atoms with Crippen LogP contribution in [0.25, 0.3) is 0 Å². The van der Waals surface area contributed by atoms with Crippen molar-refractivity contribution < 1.29 is 4.79 Å². The monoisotopic (exact) mass is 300 g/mol. The van der Waals surface area contributed by atoms with E-state index in [0.717, 1.165) is 37.4 Å². The Morgan fingerprint density at radius 1 is 1.41 bits per heavy atom. The molecule has 1 fully saturated rings. The molecule has 0 radical (unpaired) electrons. The van der Waals surface area contributed by atoms with Crippen LogP contribution >= 0.6 is 0 Å². The summed E-state index contributed by atoms with van der Waals surface area (Å²) in [5.74, 6) is 0.750. The lowest BCUT2D eigenvalue weighted by Gasteiger charge is -2.33.